The summed E-state index contributed by atoms with van der Waals surface area (Å²) in [7, 11) is 0. The van der Waals surface area contributed by atoms with Crippen LogP contribution < -0.4 is 5.73 Å². The molecule has 0 radical (unpaired) electrons. The van der Waals surface area contributed by atoms with E-state index in [2.05, 4.69) is 4.99 Å². The lowest BCUT2D eigenvalue weighted by atomic mass is 10.4. The standard InChI is InChI=1S/C8H14N2O4/c1-5(9)10-7(12)14-8(3,4)13-6(2)11/h1-4H3,(H2,9,10,12). The summed E-state index contributed by atoms with van der Waals surface area (Å²) >= 11 is 0. The van der Waals surface area contributed by atoms with Crippen molar-refractivity contribution in [2.24, 2.45) is 10.7 Å². The van der Waals surface area contributed by atoms with Crippen LogP contribution in [0.3, 0.4) is 0 Å². The summed E-state index contributed by atoms with van der Waals surface area (Å²) in [4.78, 5) is 24.9. The minimum Gasteiger partial charge on any atom is -0.423 e. The minimum atomic E-state index is -1.33. The average Bonchev–Trinajstić information content (AvgIpc) is 1.77. The Hall–Kier alpha value is -1.59. The zero-order valence-corrected chi connectivity index (χ0v) is 8.66. The molecule has 6 heteroatoms. The molecule has 2 N–H and O–H groups in total. The first-order valence-corrected chi connectivity index (χ1v) is 3.96. The monoisotopic (exact) mass is 202 g/mol. The number of aliphatic imine (C=N–C) groups is 1. The lowest BCUT2D eigenvalue weighted by molar-refractivity contribution is -0.191. The molecule has 0 aliphatic heterocycles. The number of nitrogens with zero attached hydrogens (tertiary/aromatic N) is 1. The van der Waals surface area contributed by atoms with Crippen LogP contribution in [-0.2, 0) is 14.3 Å². The van der Waals surface area contributed by atoms with Gasteiger partial charge >= 0.3 is 12.1 Å². The van der Waals surface area contributed by atoms with Crippen molar-refractivity contribution in [2.45, 2.75) is 33.5 Å². The maximum absolute atomic E-state index is 11.0. The second-order valence-corrected chi connectivity index (χ2v) is 3.11. The number of amidine groups is 1. The fraction of sp³-hybridized carbons (Fsp3) is 0.625. The van der Waals surface area contributed by atoms with E-state index >= 15 is 0 Å². The quantitative estimate of drug-likeness (QED) is 0.309. The van der Waals surface area contributed by atoms with Crippen LogP contribution in [0.2, 0.25) is 0 Å². The third kappa shape index (κ3) is 5.99. The van der Waals surface area contributed by atoms with Gasteiger partial charge in [0.15, 0.2) is 0 Å². The number of hydrogen-bond acceptors (Lipinski definition) is 4. The van der Waals surface area contributed by atoms with Crippen molar-refractivity contribution in [3.8, 4) is 0 Å². The van der Waals surface area contributed by atoms with Crippen LogP contribution in [0.1, 0.15) is 27.7 Å². The van der Waals surface area contributed by atoms with Crippen molar-refractivity contribution in [3.63, 3.8) is 0 Å². The average molecular weight is 202 g/mol. The second kappa shape index (κ2) is 4.59. The molecule has 0 unspecified atom stereocenters. The molecule has 0 aliphatic carbocycles. The number of carbonyl (C=O) groups excluding carboxylic acids is 2. The van der Waals surface area contributed by atoms with Gasteiger partial charge in [0.05, 0.1) is 0 Å². The molecule has 0 heterocycles. The van der Waals surface area contributed by atoms with Crippen molar-refractivity contribution in [1.29, 1.82) is 0 Å². The molecule has 0 aromatic rings. The molecule has 80 valence electrons. The molecule has 0 aromatic carbocycles. The number of rotatable bonds is 2. The number of amides is 1. The molecular weight excluding hydrogens is 188 g/mol. The number of ether oxygens (including phenoxy) is 2. The first-order valence-electron chi connectivity index (χ1n) is 3.96. The Morgan fingerprint density at radius 2 is 1.71 bits per heavy atom. The fourth-order valence-electron chi connectivity index (χ4n) is 0.744. The smallest absolute Gasteiger partial charge is 0.423 e. The van der Waals surface area contributed by atoms with E-state index in [1.165, 1.54) is 27.7 Å². The third-order valence-electron chi connectivity index (χ3n) is 0.990. The van der Waals surface area contributed by atoms with E-state index in [1.54, 1.807) is 0 Å². The summed E-state index contributed by atoms with van der Waals surface area (Å²) in [5.74, 6) is -1.80. The molecule has 0 aromatic heterocycles. The zero-order valence-electron chi connectivity index (χ0n) is 8.66. The van der Waals surface area contributed by atoms with Gasteiger partial charge in [-0.05, 0) is 6.92 Å². The molecule has 0 rings (SSSR count). The SMILES string of the molecule is CC(=O)OC(C)(C)OC(=O)/N=C(/C)N. The van der Waals surface area contributed by atoms with Crippen molar-refractivity contribution >= 4 is 17.9 Å². The van der Waals surface area contributed by atoms with Crippen LogP contribution in [0.5, 0.6) is 0 Å². The highest BCUT2D eigenvalue weighted by Crippen LogP contribution is 2.12. The maximum Gasteiger partial charge on any atom is 0.438 e. The largest absolute Gasteiger partial charge is 0.438 e. The molecule has 0 saturated carbocycles. The first kappa shape index (κ1) is 12.4. The van der Waals surface area contributed by atoms with Gasteiger partial charge in [0, 0.05) is 20.8 Å². The van der Waals surface area contributed by atoms with E-state index in [0.717, 1.165) is 0 Å². The molecule has 0 bridgehead atoms. The molecule has 0 saturated heterocycles. The van der Waals surface area contributed by atoms with Crippen molar-refractivity contribution < 1.29 is 19.1 Å². The molecule has 14 heavy (non-hydrogen) atoms. The van der Waals surface area contributed by atoms with E-state index in [4.69, 9.17) is 15.2 Å². The van der Waals surface area contributed by atoms with Gasteiger partial charge in [-0.2, -0.15) is 4.99 Å². The molecule has 0 aliphatic rings. The highest BCUT2D eigenvalue weighted by molar-refractivity contribution is 5.89. The first-order chi connectivity index (χ1) is 6.23. The Morgan fingerprint density at radius 3 is 2.07 bits per heavy atom. The van der Waals surface area contributed by atoms with Gasteiger partial charge < -0.3 is 15.2 Å². The Morgan fingerprint density at radius 1 is 1.21 bits per heavy atom. The number of carbonyl (C=O) groups is 2. The highest BCUT2D eigenvalue weighted by Gasteiger charge is 2.25. The van der Waals surface area contributed by atoms with E-state index in [0.29, 0.717) is 0 Å². The zero-order chi connectivity index (χ0) is 11.4. The van der Waals surface area contributed by atoms with E-state index in [1.807, 2.05) is 0 Å². The second-order valence-electron chi connectivity index (χ2n) is 3.11. The maximum atomic E-state index is 11.0. The van der Waals surface area contributed by atoms with Crippen molar-refractivity contribution in [1.82, 2.24) is 0 Å². The normalized spacial score (nSPS) is 12.1. The van der Waals surface area contributed by atoms with Gasteiger partial charge in [0.1, 0.15) is 5.84 Å². The Bertz CT molecular complexity index is 267. The summed E-state index contributed by atoms with van der Waals surface area (Å²) in [5, 5.41) is 0. The predicted molar refractivity (Wildman–Crippen MR) is 49.6 cm³/mol. The van der Waals surface area contributed by atoms with Crippen LogP contribution in [0.25, 0.3) is 0 Å². The predicted octanol–water partition coefficient (Wildman–Crippen LogP) is 0.799. The molecule has 1 amide bonds. The summed E-state index contributed by atoms with van der Waals surface area (Å²) in [5.41, 5.74) is 5.15. The van der Waals surface area contributed by atoms with Crippen LogP contribution in [0.15, 0.2) is 4.99 Å². The van der Waals surface area contributed by atoms with Crippen LogP contribution >= 0.6 is 0 Å². The molecular formula is C8H14N2O4. The molecule has 0 spiro atoms. The highest BCUT2D eigenvalue weighted by atomic mass is 16.7. The lowest BCUT2D eigenvalue weighted by Crippen LogP contribution is -2.32. The lowest BCUT2D eigenvalue weighted by Gasteiger charge is -2.22. The Labute approximate surface area is 82.1 Å². The van der Waals surface area contributed by atoms with E-state index in [-0.39, 0.29) is 5.84 Å². The summed E-state index contributed by atoms with van der Waals surface area (Å²) in [6.07, 6.45) is -0.892. The molecule has 6 nitrogen and oxygen atoms in total. The van der Waals surface area contributed by atoms with Gasteiger partial charge in [-0.15, -0.1) is 0 Å². The molecule has 0 fully saturated rings. The fourth-order valence-corrected chi connectivity index (χ4v) is 0.744. The summed E-state index contributed by atoms with van der Waals surface area (Å²) < 4.78 is 9.41. The van der Waals surface area contributed by atoms with Gasteiger partial charge in [-0.25, -0.2) is 4.79 Å². The van der Waals surface area contributed by atoms with Gasteiger partial charge in [-0.3, -0.25) is 4.79 Å². The summed E-state index contributed by atoms with van der Waals surface area (Å²) in [6.45, 7) is 5.51. The third-order valence-corrected chi connectivity index (χ3v) is 0.990. The van der Waals surface area contributed by atoms with Crippen LogP contribution in [0.4, 0.5) is 4.79 Å². The number of hydrogen-bond donors (Lipinski definition) is 1. The Kier molecular flexibility index (Phi) is 4.07. The van der Waals surface area contributed by atoms with Gasteiger partial charge in [-0.1, -0.05) is 0 Å². The number of esters is 1. The minimum absolute atomic E-state index is 0.0774. The van der Waals surface area contributed by atoms with Gasteiger partial charge in [0.25, 0.3) is 5.79 Å². The van der Waals surface area contributed by atoms with Crippen LogP contribution in [-0.4, -0.2) is 23.7 Å². The van der Waals surface area contributed by atoms with Crippen LogP contribution in [0, 0.1) is 0 Å². The summed E-state index contributed by atoms with van der Waals surface area (Å²) in [6, 6.07) is 0. The van der Waals surface area contributed by atoms with E-state index in [9.17, 15) is 9.59 Å². The van der Waals surface area contributed by atoms with Crippen molar-refractivity contribution in [3.05, 3.63) is 0 Å². The number of nitrogens with two attached hydrogens (primary N) is 1. The van der Waals surface area contributed by atoms with E-state index < -0.39 is 17.8 Å². The van der Waals surface area contributed by atoms with Gasteiger partial charge in [0.2, 0.25) is 0 Å². The van der Waals surface area contributed by atoms with Crippen molar-refractivity contribution in [2.75, 3.05) is 0 Å². The Balaban J connectivity index is 4.29. The topological polar surface area (TPSA) is 91.0 Å². The molecule has 0 atom stereocenters.